The zero-order valence-electron chi connectivity index (χ0n) is 12.3. The topological polar surface area (TPSA) is 44.5 Å². The second kappa shape index (κ2) is 5.74. The van der Waals surface area contributed by atoms with Gasteiger partial charge in [0.05, 0.1) is 11.7 Å². The van der Waals surface area contributed by atoms with Gasteiger partial charge in [-0.2, -0.15) is 0 Å². The van der Waals surface area contributed by atoms with Crippen molar-refractivity contribution in [3.8, 4) is 5.75 Å². The second-order valence-electron chi connectivity index (χ2n) is 6.34. The van der Waals surface area contributed by atoms with E-state index in [9.17, 15) is 0 Å². The van der Waals surface area contributed by atoms with Gasteiger partial charge < -0.3 is 15.2 Å². The maximum absolute atomic E-state index is 6.25. The Morgan fingerprint density at radius 3 is 2.60 bits per heavy atom. The van der Waals surface area contributed by atoms with E-state index in [1.165, 1.54) is 32.1 Å². The Hall–Kier alpha value is -1.06. The first kappa shape index (κ1) is 13.9. The molecule has 1 aliphatic heterocycles. The van der Waals surface area contributed by atoms with Crippen LogP contribution in [0.3, 0.4) is 0 Å². The minimum Gasteiger partial charge on any atom is -0.491 e. The van der Waals surface area contributed by atoms with E-state index in [4.69, 9.17) is 15.2 Å². The van der Waals surface area contributed by atoms with Crippen LogP contribution >= 0.6 is 0 Å². The smallest absolute Gasteiger partial charge is 0.119 e. The largest absolute Gasteiger partial charge is 0.491 e. The molecule has 0 amide bonds. The number of nitrogens with two attached hydrogens (primary N) is 1. The molecule has 1 heterocycles. The minimum absolute atomic E-state index is 0.0736. The number of hydrogen-bond acceptors (Lipinski definition) is 3. The number of hydrogen-bond donors (Lipinski definition) is 1. The van der Waals surface area contributed by atoms with E-state index >= 15 is 0 Å². The van der Waals surface area contributed by atoms with Gasteiger partial charge in [-0.1, -0.05) is 25.0 Å². The summed E-state index contributed by atoms with van der Waals surface area (Å²) in [5, 5.41) is 0. The molecule has 20 heavy (non-hydrogen) atoms. The van der Waals surface area contributed by atoms with Crippen molar-refractivity contribution in [2.24, 2.45) is 5.73 Å². The van der Waals surface area contributed by atoms with Crippen molar-refractivity contribution in [2.45, 2.75) is 63.2 Å². The molecule has 110 valence electrons. The Morgan fingerprint density at radius 1 is 1.25 bits per heavy atom. The summed E-state index contributed by atoms with van der Waals surface area (Å²) in [6, 6.07) is 8.14. The molecule has 2 aliphatic rings. The Balaban J connectivity index is 1.50. The van der Waals surface area contributed by atoms with Crippen molar-refractivity contribution in [2.75, 3.05) is 6.61 Å². The molecule has 0 radical (unpaired) electrons. The zero-order valence-corrected chi connectivity index (χ0v) is 12.3. The molecule has 3 heteroatoms. The summed E-state index contributed by atoms with van der Waals surface area (Å²) in [6.07, 6.45) is 7.75. The molecule has 1 aromatic rings. The lowest BCUT2D eigenvalue weighted by Gasteiger charge is -2.23. The molecule has 3 nitrogen and oxygen atoms in total. The Morgan fingerprint density at radius 2 is 1.95 bits per heavy atom. The molecule has 1 saturated heterocycles. The summed E-state index contributed by atoms with van der Waals surface area (Å²) < 4.78 is 12.1. The lowest BCUT2D eigenvalue weighted by Crippen LogP contribution is -2.27. The van der Waals surface area contributed by atoms with E-state index in [2.05, 4.69) is 0 Å². The average Bonchev–Trinajstić information content (AvgIpc) is 3.08. The summed E-state index contributed by atoms with van der Waals surface area (Å²) in [6.45, 7) is 2.66. The quantitative estimate of drug-likeness (QED) is 0.913. The zero-order chi connectivity index (χ0) is 14.0. The molecule has 0 aromatic heterocycles. The molecule has 0 bridgehead atoms. The molecule has 1 aliphatic carbocycles. The van der Waals surface area contributed by atoms with Crippen LogP contribution in [0.25, 0.3) is 0 Å². The van der Waals surface area contributed by atoms with Crippen LogP contribution in [0.15, 0.2) is 24.3 Å². The molecule has 1 aromatic carbocycles. The van der Waals surface area contributed by atoms with Crippen molar-refractivity contribution in [3.63, 3.8) is 0 Å². The van der Waals surface area contributed by atoms with Gasteiger partial charge in [-0.3, -0.25) is 0 Å². The van der Waals surface area contributed by atoms with E-state index < -0.39 is 0 Å². The number of rotatable bonds is 4. The highest BCUT2D eigenvalue weighted by Gasteiger charge is 2.42. The molecule has 2 fully saturated rings. The van der Waals surface area contributed by atoms with Gasteiger partial charge in [-0.15, -0.1) is 0 Å². The maximum atomic E-state index is 6.25. The summed E-state index contributed by atoms with van der Waals surface area (Å²) in [4.78, 5) is 0. The van der Waals surface area contributed by atoms with Gasteiger partial charge in [0.2, 0.25) is 0 Å². The van der Waals surface area contributed by atoms with Gasteiger partial charge in [0.15, 0.2) is 0 Å². The molecule has 1 saturated carbocycles. The predicted octanol–water partition coefficient (Wildman–Crippen LogP) is 3.58. The third kappa shape index (κ3) is 2.99. The highest BCUT2D eigenvalue weighted by molar-refractivity contribution is 5.28. The normalized spacial score (nSPS) is 26.0. The molecule has 1 unspecified atom stereocenters. The third-order valence-corrected chi connectivity index (χ3v) is 4.70. The van der Waals surface area contributed by atoms with Crippen LogP contribution in [0.2, 0.25) is 0 Å². The van der Waals surface area contributed by atoms with Gasteiger partial charge in [0.25, 0.3) is 0 Å². The summed E-state index contributed by atoms with van der Waals surface area (Å²) in [5.74, 6) is 0.908. The fourth-order valence-corrected chi connectivity index (χ4v) is 3.46. The molecule has 1 spiro atoms. The van der Waals surface area contributed by atoms with Crippen LogP contribution in [-0.2, 0) is 4.74 Å². The van der Waals surface area contributed by atoms with E-state index in [1.807, 2.05) is 31.2 Å². The molecule has 2 atom stereocenters. The van der Waals surface area contributed by atoms with E-state index in [0.717, 1.165) is 17.7 Å². The van der Waals surface area contributed by atoms with Crippen molar-refractivity contribution in [1.29, 1.82) is 0 Å². The summed E-state index contributed by atoms with van der Waals surface area (Å²) in [7, 11) is 0. The van der Waals surface area contributed by atoms with E-state index in [1.54, 1.807) is 0 Å². The summed E-state index contributed by atoms with van der Waals surface area (Å²) >= 11 is 0. The SMILES string of the molecule is C[C@H](N)c1ccc(OCC2CCC3(CCCC3)O2)cc1. The van der Waals surface area contributed by atoms with Crippen LogP contribution in [0.4, 0.5) is 0 Å². The Kier molecular flexibility index (Phi) is 3.99. The minimum atomic E-state index is 0.0736. The lowest BCUT2D eigenvalue weighted by molar-refractivity contribution is -0.0508. The van der Waals surface area contributed by atoms with Crippen molar-refractivity contribution >= 4 is 0 Å². The molecular weight excluding hydrogens is 250 g/mol. The Bertz CT molecular complexity index is 435. The lowest BCUT2D eigenvalue weighted by atomic mass is 9.98. The number of benzene rings is 1. The average molecular weight is 275 g/mol. The first-order chi connectivity index (χ1) is 9.67. The van der Waals surface area contributed by atoms with Crippen molar-refractivity contribution < 1.29 is 9.47 Å². The van der Waals surface area contributed by atoms with Gasteiger partial charge in [-0.05, 0) is 50.3 Å². The van der Waals surface area contributed by atoms with Gasteiger partial charge >= 0.3 is 0 Å². The van der Waals surface area contributed by atoms with Crippen LogP contribution in [0.5, 0.6) is 5.75 Å². The fourth-order valence-electron chi connectivity index (χ4n) is 3.46. The second-order valence-corrected chi connectivity index (χ2v) is 6.34. The predicted molar refractivity (Wildman–Crippen MR) is 79.8 cm³/mol. The molecule has 2 N–H and O–H groups in total. The highest BCUT2D eigenvalue weighted by Crippen LogP contribution is 2.43. The first-order valence-electron chi connectivity index (χ1n) is 7.83. The van der Waals surface area contributed by atoms with Crippen LogP contribution in [0.1, 0.15) is 57.1 Å². The number of ether oxygens (including phenoxy) is 2. The van der Waals surface area contributed by atoms with Gasteiger partial charge in [-0.25, -0.2) is 0 Å². The molecular formula is C17H25NO2. The highest BCUT2D eigenvalue weighted by atomic mass is 16.6. The van der Waals surface area contributed by atoms with Gasteiger partial charge in [0, 0.05) is 6.04 Å². The third-order valence-electron chi connectivity index (χ3n) is 4.70. The van der Waals surface area contributed by atoms with Gasteiger partial charge in [0.1, 0.15) is 12.4 Å². The standard InChI is InChI=1S/C17H25NO2/c1-13(18)14-4-6-15(7-5-14)19-12-16-8-11-17(20-16)9-2-3-10-17/h4-7,13,16H,2-3,8-12,18H2,1H3/t13-,16?/m0/s1. The van der Waals surface area contributed by atoms with E-state index in [0.29, 0.717) is 6.61 Å². The Labute approximate surface area is 121 Å². The van der Waals surface area contributed by atoms with Crippen LogP contribution in [-0.4, -0.2) is 18.3 Å². The summed E-state index contributed by atoms with van der Waals surface area (Å²) in [5.41, 5.74) is 7.18. The first-order valence-corrected chi connectivity index (χ1v) is 7.83. The van der Waals surface area contributed by atoms with E-state index in [-0.39, 0.29) is 17.7 Å². The maximum Gasteiger partial charge on any atom is 0.119 e. The monoisotopic (exact) mass is 275 g/mol. The van der Waals surface area contributed by atoms with Crippen LogP contribution < -0.4 is 10.5 Å². The van der Waals surface area contributed by atoms with Crippen molar-refractivity contribution in [3.05, 3.63) is 29.8 Å². The van der Waals surface area contributed by atoms with Crippen LogP contribution in [0, 0.1) is 0 Å². The fraction of sp³-hybridized carbons (Fsp3) is 0.647. The molecule has 3 rings (SSSR count). The van der Waals surface area contributed by atoms with Crippen molar-refractivity contribution in [1.82, 2.24) is 0 Å².